The normalized spacial score (nSPS) is 26.9. The number of piperidine rings is 1. The van der Waals surface area contributed by atoms with Crippen LogP contribution in [0.2, 0.25) is 0 Å². The second-order valence-electron chi connectivity index (χ2n) is 6.66. The van der Waals surface area contributed by atoms with Gasteiger partial charge in [-0.2, -0.15) is 4.31 Å². The summed E-state index contributed by atoms with van der Waals surface area (Å²) in [6.45, 7) is 4.50. The minimum Gasteiger partial charge on any atom is -0.376 e. The molecule has 2 atom stereocenters. The van der Waals surface area contributed by atoms with E-state index in [4.69, 9.17) is 4.74 Å². The predicted molar refractivity (Wildman–Crippen MR) is 89.7 cm³/mol. The van der Waals surface area contributed by atoms with Gasteiger partial charge in [0.1, 0.15) is 6.04 Å². The number of sulfonamides is 1. The van der Waals surface area contributed by atoms with Crippen LogP contribution in [-0.2, 0) is 19.6 Å². The van der Waals surface area contributed by atoms with Gasteiger partial charge in [0.15, 0.2) is 0 Å². The van der Waals surface area contributed by atoms with Crippen LogP contribution < -0.4 is 0 Å². The third-order valence-corrected chi connectivity index (χ3v) is 5.96. The number of rotatable bonds is 6. The standard InChI is InChI=1S/C16H30N2O4S/c1-3-10-17(13-14-8-5-7-12-22-14)16(19)15-9-4-6-11-18(15)23(2,20)21/h14-15H,3-13H2,1-2H3/t14-,15-/m0/s1. The summed E-state index contributed by atoms with van der Waals surface area (Å²) < 4.78 is 31.2. The van der Waals surface area contributed by atoms with E-state index >= 15 is 0 Å². The summed E-state index contributed by atoms with van der Waals surface area (Å²) in [5.74, 6) is -0.0499. The molecule has 0 radical (unpaired) electrons. The van der Waals surface area contributed by atoms with Crippen molar-refractivity contribution < 1.29 is 17.9 Å². The van der Waals surface area contributed by atoms with E-state index in [1.807, 2.05) is 11.8 Å². The first-order valence-electron chi connectivity index (χ1n) is 8.80. The number of nitrogens with zero attached hydrogens (tertiary/aromatic N) is 2. The predicted octanol–water partition coefficient (Wildman–Crippen LogP) is 1.61. The smallest absolute Gasteiger partial charge is 0.241 e. The Balaban J connectivity index is 2.08. The summed E-state index contributed by atoms with van der Waals surface area (Å²) >= 11 is 0. The molecule has 6 nitrogen and oxygen atoms in total. The molecule has 0 aromatic heterocycles. The molecule has 0 N–H and O–H groups in total. The van der Waals surface area contributed by atoms with E-state index in [1.165, 1.54) is 10.6 Å². The fourth-order valence-corrected chi connectivity index (χ4v) is 4.64. The summed E-state index contributed by atoms with van der Waals surface area (Å²) in [5.41, 5.74) is 0. The lowest BCUT2D eigenvalue weighted by Crippen LogP contribution is -2.54. The molecule has 0 unspecified atom stereocenters. The van der Waals surface area contributed by atoms with Crippen molar-refractivity contribution in [1.82, 2.24) is 9.21 Å². The Morgan fingerprint density at radius 3 is 2.57 bits per heavy atom. The summed E-state index contributed by atoms with van der Waals surface area (Å²) in [4.78, 5) is 14.8. The lowest BCUT2D eigenvalue weighted by molar-refractivity contribution is -0.139. The van der Waals surface area contributed by atoms with E-state index in [2.05, 4.69) is 0 Å². The molecule has 2 saturated heterocycles. The molecule has 0 aromatic carbocycles. The number of carbonyl (C=O) groups is 1. The molecule has 2 aliphatic heterocycles. The molecule has 23 heavy (non-hydrogen) atoms. The van der Waals surface area contributed by atoms with Crippen molar-refractivity contribution in [2.75, 3.05) is 32.5 Å². The summed E-state index contributed by atoms with van der Waals surface area (Å²) in [7, 11) is -3.35. The van der Waals surface area contributed by atoms with Gasteiger partial charge in [0.05, 0.1) is 12.4 Å². The Bertz CT molecular complexity index is 488. The molecule has 2 fully saturated rings. The maximum absolute atomic E-state index is 13.0. The van der Waals surface area contributed by atoms with Crippen molar-refractivity contribution in [1.29, 1.82) is 0 Å². The minimum atomic E-state index is -3.35. The van der Waals surface area contributed by atoms with Gasteiger partial charge in [0, 0.05) is 26.2 Å². The maximum Gasteiger partial charge on any atom is 0.241 e. The van der Waals surface area contributed by atoms with Gasteiger partial charge in [-0.05, 0) is 38.5 Å². The number of hydrogen-bond acceptors (Lipinski definition) is 4. The van der Waals surface area contributed by atoms with Gasteiger partial charge < -0.3 is 9.64 Å². The molecule has 0 aromatic rings. The monoisotopic (exact) mass is 346 g/mol. The molecule has 0 bridgehead atoms. The number of carbonyl (C=O) groups excluding carboxylic acids is 1. The van der Waals surface area contributed by atoms with Crippen LogP contribution >= 0.6 is 0 Å². The van der Waals surface area contributed by atoms with Crippen molar-refractivity contribution in [3.63, 3.8) is 0 Å². The van der Waals surface area contributed by atoms with Crippen LogP contribution in [0.4, 0.5) is 0 Å². The fraction of sp³-hybridized carbons (Fsp3) is 0.938. The van der Waals surface area contributed by atoms with E-state index in [-0.39, 0.29) is 12.0 Å². The van der Waals surface area contributed by atoms with Crippen LogP contribution in [0.15, 0.2) is 0 Å². The van der Waals surface area contributed by atoms with Crippen LogP contribution in [0, 0.1) is 0 Å². The minimum absolute atomic E-state index is 0.0499. The SMILES string of the molecule is CCCN(C[C@@H]1CCCCO1)C(=O)[C@@H]1CCCCN1S(C)(=O)=O. The lowest BCUT2D eigenvalue weighted by Gasteiger charge is -2.37. The largest absolute Gasteiger partial charge is 0.376 e. The van der Waals surface area contributed by atoms with Crippen LogP contribution in [0.5, 0.6) is 0 Å². The highest BCUT2D eigenvalue weighted by molar-refractivity contribution is 7.88. The number of amides is 1. The molecule has 0 spiro atoms. The quantitative estimate of drug-likeness (QED) is 0.733. The van der Waals surface area contributed by atoms with Crippen LogP contribution in [0.3, 0.4) is 0 Å². The third kappa shape index (κ3) is 5.16. The average molecular weight is 346 g/mol. The molecule has 0 aliphatic carbocycles. The zero-order valence-electron chi connectivity index (χ0n) is 14.4. The van der Waals surface area contributed by atoms with Crippen LogP contribution in [-0.4, -0.2) is 68.2 Å². The molecule has 2 heterocycles. The van der Waals surface area contributed by atoms with Crippen molar-refractivity contribution in [2.45, 2.75) is 64.0 Å². The van der Waals surface area contributed by atoms with Gasteiger partial charge in [-0.15, -0.1) is 0 Å². The molecule has 0 saturated carbocycles. The van der Waals surface area contributed by atoms with E-state index < -0.39 is 16.1 Å². The first-order valence-corrected chi connectivity index (χ1v) is 10.7. The Morgan fingerprint density at radius 1 is 1.22 bits per heavy atom. The first kappa shape index (κ1) is 18.7. The van der Waals surface area contributed by atoms with E-state index in [0.717, 1.165) is 45.1 Å². The maximum atomic E-state index is 13.0. The van der Waals surface area contributed by atoms with E-state index in [0.29, 0.717) is 26.1 Å². The van der Waals surface area contributed by atoms with E-state index in [9.17, 15) is 13.2 Å². The van der Waals surface area contributed by atoms with Gasteiger partial charge in [-0.1, -0.05) is 13.3 Å². The zero-order chi connectivity index (χ0) is 16.9. The Kier molecular flexibility index (Phi) is 6.85. The lowest BCUT2D eigenvalue weighted by atomic mass is 10.0. The van der Waals surface area contributed by atoms with Crippen LogP contribution in [0.1, 0.15) is 51.9 Å². The highest BCUT2D eigenvalue weighted by Crippen LogP contribution is 2.23. The average Bonchev–Trinajstić information content (AvgIpc) is 2.54. The second kappa shape index (κ2) is 8.44. The van der Waals surface area contributed by atoms with Gasteiger partial charge in [0.2, 0.25) is 15.9 Å². The Hall–Kier alpha value is -0.660. The molecule has 1 amide bonds. The summed E-state index contributed by atoms with van der Waals surface area (Å²) in [6, 6.07) is -0.533. The van der Waals surface area contributed by atoms with Crippen molar-refractivity contribution >= 4 is 15.9 Å². The molecule has 7 heteroatoms. The Labute approximate surface area is 140 Å². The van der Waals surface area contributed by atoms with Crippen LogP contribution in [0.25, 0.3) is 0 Å². The van der Waals surface area contributed by atoms with Gasteiger partial charge >= 0.3 is 0 Å². The molecule has 2 rings (SSSR count). The fourth-order valence-electron chi connectivity index (χ4n) is 3.52. The topological polar surface area (TPSA) is 66.9 Å². The van der Waals surface area contributed by atoms with Gasteiger partial charge in [-0.3, -0.25) is 4.79 Å². The molecule has 134 valence electrons. The van der Waals surface area contributed by atoms with Crippen molar-refractivity contribution in [2.24, 2.45) is 0 Å². The number of hydrogen-bond donors (Lipinski definition) is 0. The summed E-state index contributed by atoms with van der Waals surface area (Å²) in [5, 5.41) is 0. The zero-order valence-corrected chi connectivity index (χ0v) is 15.2. The summed E-state index contributed by atoms with van der Waals surface area (Å²) in [6.07, 6.45) is 7.72. The highest BCUT2D eigenvalue weighted by Gasteiger charge is 2.37. The second-order valence-corrected chi connectivity index (χ2v) is 8.59. The first-order chi connectivity index (χ1) is 10.9. The van der Waals surface area contributed by atoms with Gasteiger partial charge in [0.25, 0.3) is 0 Å². The van der Waals surface area contributed by atoms with E-state index in [1.54, 1.807) is 0 Å². The third-order valence-electron chi connectivity index (χ3n) is 4.67. The highest BCUT2D eigenvalue weighted by atomic mass is 32.2. The van der Waals surface area contributed by atoms with Gasteiger partial charge in [-0.25, -0.2) is 8.42 Å². The number of ether oxygens (including phenoxy) is 1. The van der Waals surface area contributed by atoms with Crippen molar-refractivity contribution in [3.05, 3.63) is 0 Å². The molecule has 2 aliphatic rings. The Morgan fingerprint density at radius 2 is 1.96 bits per heavy atom. The van der Waals surface area contributed by atoms with Crippen molar-refractivity contribution in [3.8, 4) is 0 Å². The molecular weight excluding hydrogens is 316 g/mol. The molecular formula is C16H30N2O4S.